The van der Waals surface area contributed by atoms with E-state index >= 15 is 0 Å². The average molecular weight is 586 g/mol. The number of allylic oxidation sites excluding steroid dienone is 4. The summed E-state index contributed by atoms with van der Waals surface area (Å²) in [5, 5.41) is 16.7. The van der Waals surface area contributed by atoms with Crippen LogP contribution in [0.15, 0.2) is 71.1 Å². The van der Waals surface area contributed by atoms with Crippen molar-refractivity contribution < 1.29 is 38.5 Å². The van der Waals surface area contributed by atoms with E-state index in [0.717, 1.165) is 6.08 Å². The number of carbonyl (C=O) groups is 4. The number of nitrogens with one attached hydrogen (secondary N) is 2. The highest BCUT2D eigenvalue weighted by Crippen LogP contribution is 2.28. The number of amides is 2. The van der Waals surface area contributed by atoms with E-state index in [-0.39, 0.29) is 41.4 Å². The molecule has 230 valence electrons. The molecule has 1 aliphatic heterocycles. The van der Waals surface area contributed by atoms with Crippen LogP contribution in [0.2, 0.25) is 0 Å². The lowest BCUT2D eigenvalue weighted by molar-refractivity contribution is -0.120. The lowest BCUT2D eigenvalue weighted by Crippen LogP contribution is -2.37. The molecule has 1 aliphatic carbocycles. The van der Waals surface area contributed by atoms with E-state index in [4.69, 9.17) is 19.9 Å². The van der Waals surface area contributed by atoms with Crippen LogP contribution in [0.1, 0.15) is 40.5 Å². The minimum atomic E-state index is -1.00. The smallest absolute Gasteiger partial charge is 0.405 e. The van der Waals surface area contributed by atoms with E-state index in [9.17, 15) is 24.3 Å². The molecule has 5 N–H and O–H groups in total. The third kappa shape index (κ3) is 9.10. The normalized spacial score (nSPS) is 31.6. The predicted octanol–water partition coefficient (Wildman–Crippen LogP) is 2.54. The van der Waals surface area contributed by atoms with Crippen LogP contribution < -0.4 is 16.4 Å². The molecular formula is C31H43N3O8. The van der Waals surface area contributed by atoms with Crippen molar-refractivity contribution in [2.75, 3.05) is 20.8 Å². The van der Waals surface area contributed by atoms with Gasteiger partial charge >= 0.3 is 6.09 Å². The molecule has 0 aromatic heterocycles. The monoisotopic (exact) mass is 585 g/mol. The first-order valence-electron chi connectivity index (χ1n) is 13.8. The number of Topliss-reactive ketones (excluding diaryl/α,β-unsaturated/α-hetero) is 1. The van der Waals surface area contributed by atoms with Crippen molar-refractivity contribution in [3.63, 3.8) is 0 Å². The highest BCUT2D eigenvalue weighted by atomic mass is 16.6. The first kappa shape index (κ1) is 34.4. The van der Waals surface area contributed by atoms with Gasteiger partial charge in [0.15, 0.2) is 6.10 Å². The van der Waals surface area contributed by atoms with E-state index in [1.54, 1.807) is 45.1 Å². The molecule has 11 heteroatoms. The molecule has 0 unspecified atom stereocenters. The summed E-state index contributed by atoms with van der Waals surface area (Å²) >= 11 is 0. The zero-order valence-corrected chi connectivity index (χ0v) is 25.1. The van der Waals surface area contributed by atoms with Crippen LogP contribution in [0.5, 0.6) is 0 Å². The van der Waals surface area contributed by atoms with Crippen LogP contribution in [-0.4, -0.2) is 73.9 Å². The predicted molar refractivity (Wildman–Crippen MR) is 158 cm³/mol. The standard InChI is InChI=1S/C31H43N3O8/c1-8-12-33-26-21-13-17(2)14-25(41-7)27(36)19(4)15-20(5)29(42-31(32)39)24(40-6)11-9-10-18(3)30(38)34-22(28(21)37)16-23(26)35/h8-11,15-17,19,24-25,27,29,33,36H,1,12-14H2,2-7H3,(H2,32,39)(H,34,38)/b11-9-,18-10+,20-15+/t17-,19-,24+,25-,27+,29-/m0/s1. The SMILES string of the molecule is C=CCNC1=C2C[C@H](C)C[C@H](OC)[C@H](O)[C@@H](C)/C=C(\C)[C@H](OC(N)=O)[C@H](OC)/C=C\C=C(/C)C(=O)NC(=CC1=O)C2=O. The fourth-order valence-electron chi connectivity index (χ4n) is 4.95. The number of primary amides is 1. The topological polar surface area (TPSA) is 166 Å². The Labute approximate surface area is 247 Å². The molecule has 0 spiro atoms. The third-order valence-corrected chi connectivity index (χ3v) is 7.22. The number of methoxy groups -OCH3 is 2. The molecule has 2 bridgehead atoms. The molecule has 2 aliphatic rings. The summed E-state index contributed by atoms with van der Waals surface area (Å²) in [6, 6.07) is 0. The Morgan fingerprint density at radius 2 is 1.90 bits per heavy atom. The fourth-order valence-corrected chi connectivity index (χ4v) is 4.95. The van der Waals surface area contributed by atoms with Gasteiger partial charge < -0.3 is 35.7 Å². The Kier molecular flexibility index (Phi) is 13.1. The largest absolute Gasteiger partial charge is 0.439 e. The van der Waals surface area contributed by atoms with Gasteiger partial charge in [0.1, 0.15) is 6.10 Å². The van der Waals surface area contributed by atoms with Crippen molar-refractivity contribution in [3.8, 4) is 0 Å². The molecule has 2 amide bonds. The Balaban J connectivity index is 2.62. The highest BCUT2D eigenvalue weighted by Gasteiger charge is 2.33. The lowest BCUT2D eigenvalue weighted by Gasteiger charge is -2.30. The number of fused-ring (bicyclic) bond motifs is 2. The quantitative estimate of drug-likeness (QED) is 0.271. The number of hydrogen-bond donors (Lipinski definition) is 4. The van der Waals surface area contributed by atoms with Gasteiger partial charge in [0, 0.05) is 43.9 Å². The lowest BCUT2D eigenvalue weighted by atomic mass is 9.85. The van der Waals surface area contributed by atoms with Crippen LogP contribution in [0.4, 0.5) is 4.79 Å². The zero-order valence-electron chi connectivity index (χ0n) is 25.1. The number of nitrogens with two attached hydrogens (primary N) is 1. The minimum absolute atomic E-state index is 0.132. The summed E-state index contributed by atoms with van der Waals surface area (Å²) in [6.07, 6.45) is 5.34. The fraction of sp³-hybridized carbons (Fsp3) is 0.484. The summed E-state index contributed by atoms with van der Waals surface area (Å²) in [5.74, 6) is -2.14. The van der Waals surface area contributed by atoms with Crippen LogP contribution in [0.25, 0.3) is 0 Å². The van der Waals surface area contributed by atoms with Crippen molar-refractivity contribution in [3.05, 3.63) is 71.1 Å². The van der Waals surface area contributed by atoms with Crippen molar-refractivity contribution in [2.24, 2.45) is 17.6 Å². The van der Waals surface area contributed by atoms with Gasteiger partial charge in [-0.1, -0.05) is 44.2 Å². The van der Waals surface area contributed by atoms with Crippen molar-refractivity contribution in [1.29, 1.82) is 0 Å². The maximum absolute atomic E-state index is 13.5. The Morgan fingerprint density at radius 1 is 1.21 bits per heavy atom. The van der Waals surface area contributed by atoms with Gasteiger partial charge in [-0.3, -0.25) is 14.4 Å². The van der Waals surface area contributed by atoms with Crippen LogP contribution >= 0.6 is 0 Å². The average Bonchev–Trinajstić information content (AvgIpc) is 2.94. The molecule has 0 fully saturated rings. The number of ketones is 2. The summed E-state index contributed by atoms with van der Waals surface area (Å²) in [7, 11) is 2.92. The number of rotatable bonds is 6. The number of aliphatic hydroxyl groups excluding tert-OH is 1. The number of ether oxygens (including phenoxy) is 3. The molecule has 0 radical (unpaired) electrons. The van der Waals surface area contributed by atoms with Gasteiger partial charge in [-0.25, -0.2) is 4.79 Å². The van der Waals surface area contributed by atoms with Crippen LogP contribution in [0, 0.1) is 11.8 Å². The molecule has 11 nitrogen and oxygen atoms in total. The Morgan fingerprint density at radius 3 is 2.50 bits per heavy atom. The molecule has 1 heterocycles. The number of carbonyl (C=O) groups excluding carboxylic acids is 4. The molecule has 0 aromatic rings. The number of aliphatic hydroxyl groups is 1. The van der Waals surface area contributed by atoms with Crippen molar-refractivity contribution >= 4 is 23.6 Å². The van der Waals surface area contributed by atoms with Crippen molar-refractivity contribution in [1.82, 2.24) is 10.6 Å². The van der Waals surface area contributed by atoms with Gasteiger partial charge in [-0.15, -0.1) is 6.58 Å². The second kappa shape index (κ2) is 16.0. The molecule has 0 saturated heterocycles. The molecular weight excluding hydrogens is 542 g/mol. The molecule has 6 atom stereocenters. The van der Waals surface area contributed by atoms with E-state index in [1.165, 1.54) is 20.3 Å². The molecule has 42 heavy (non-hydrogen) atoms. The van der Waals surface area contributed by atoms with Gasteiger partial charge in [0.2, 0.25) is 11.6 Å². The maximum atomic E-state index is 13.5. The van der Waals surface area contributed by atoms with Gasteiger partial charge in [-0.05, 0) is 38.2 Å². The summed E-state index contributed by atoms with van der Waals surface area (Å²) in [4.78, 5) is 51.3. The first-order chi connectivity index (χ1) is 19.8. The van der Waals surface area contributed by atoms with E-state index in [0.29, 0.717) is 12.0 Å². The molecule has 0 saturated carbocycles. The second-order valence-electron chi connectivity index (χ2n) is 10.6. The number of hydrogen-bond acceptors (Lipinski definition) is 9. The molecule has 2 rings (SSSR count). The maximum Gasteiger partial charge on any atom is 0.405 e. The van der Waals surface area contributed by atoms with Gasteiger partial charge in [-0.2, -0.15) is 0 Å². The van der Waals surface area contributed by atoms with E-state index < -0.39 is 53.9 Å². The zero-order chi connectivity index (χ0) is 31.6. The van der Waals surface area contributed by atoms with Crippen molar-refractivity contribution in [2.45, 2.75) is 65.0 Å². The van der Waals surface area contributed by atoms with Gasteiger partial charge in [0.05, 0.1) is 23.6 Å². The summed E-state index contributed by atoms with van der Waals surface area (Å²) in [5.41, 5.74) is 6.42. The van der Waals surface area contributed by atoms with Crippen LogP contribution in [-0.2, 0) is 28.6 Å². The highest BCUT2D eigenvalue weighted by molar-refractivity contribution is 6.23. The first-order valence-corrected chi connectivity index (χ1v) is 13.8. The second-order valence-corrected chi connectivity index (χ2v) is 10.6. The molecule has 0 aromatic carbocycles. The van der Waals surface area contributed by atoms with E-state index in [1.807, 2.05) is 6.92 Å². The minimum Gasteiger partial charge on any atom is -0.439 e. The Bertz CT molecular complexity index is 1210. The summed E-state index contributed by atoms with van der Waals surface area (Å²) in [6.45, 7) is 10.9. The summed E-state index contributed by atoms with van der Waals surface area (Å²) < 4.78 is 16.6. The van der Waals surface area contributed by atoms with Gasteiger partial charge in [0.25, 0.3) is 5.91 Å². The third-order valence-electron chi connectivity index (χ3n) is 7.22. The Hall–Kier alpha value is -3.80. The van der Waals surface area contributed by atoms with Crippen LogP contribution in [0.3, 0.4) is 0 Å². The van der Waals surface area contributed by atoms with E-state index in [2.05, 4.69) is 17.2 Å².